The van der Waals surface area contributed by atoms with Gasteiger partial charge in [-0.15, -0.1) is 0 Å². The molecule has 0 aliphatic carbocycles. The first-order valence-corrected chi connectivity index (χ1v) is 11.7. The Morgan fingerprint density at radius 3 is 2.67 bits per heavy atom. The molecule has 1 aromatic carbocycles. The van der Waals surface area contributed by atoms with Gasteiger partial charge in [-0.05, 0) is 64.7 Å². The molecule has 33 heavy (non-hydrogen) atoms. The lowest BCUT2D eigenvalue weighted by atomic mass is 9.80. The first kappa shape index (κ1) is 21.6. The summed E-state index contributed by atoms with van der Waals surface area (Å²) in [5, 5.41) is 8.51. The number of aromatic nitrogens is 5. The SMILES string of the molecule is CC1(C)CC(Nc2nccc(-c3c[nH]c4cc(CCn5ccnc5)ccc34)n2)CC(C)(C)N1. The predicted molar refractivity (Wildman–Crippen MR) is 133 cm³/mol. The summed E-state index contributed by atoms with van der Waals surface area (Å²) < 4.78 is 2.10. The molecule has 3 N–H and O–H groups in total. The molecular weight excluding hydrogens is 410 g/mol. The lowest BCUT2D eigenvalue weighted by molar-refractivity contribution is 0.170. The molecule has 0 spiro atoms. The number of nitrogens with one attached hydrogen (secondary N) is 3. The maximum atomic E-state index is 4.87. The van der Waals surface area contributed by atoms with Gasteiger partial charge >= 0.3 is 0 Å². The minimum atomic E-state index is 0.0729. The third kappa shape index (κ3) is 4.93. The summed E-state index contributed by atoms with van der Waals surface area (Å²) in [6.07, 6.45) is 12.6. The van der Waals surface area contributed by atoms with Crippen LogP contribution in [0.5, 0.6) is 0 Å². The molecule has 0 radical (unpaired) electrons. The lowest BCUT2D eigenvalue weighted by Crippen LogP contribution is -2.60. The van der Waals surface area contributed by atoms with Crippen LogP contribution in [0.25, 0.3) is 22.2 Å². The summed E-state index contributed by atoms with van der Waals surface area (Å²) >= 11 is 0. The van der Waals surface area contributed by atoms with E-state index in [9.17, 15) is 0 Å². The van der Waals surface area contributed by atoms with Crippen molar-refractivity contribution < 1.29 is 0 Å². The van der Waals surface area contributed by atoms with Gasteiger partial charge in [0.15, 0.2) is 0 Å². The highest BCUT2D eigenvalue weighted by Gasteiger charge is 2.37. The third-order valence-electron chi connectivity index (χ3n) is 6.42. The number of anilines is 1. The van der Waals surface area contributed by atoms with E-state index in [1.807, 2.05) is 37.2 Å². The van der Waals surface area contributed by atoms with Crippen molar-refractivity contribution in [1.82, 2.24) is 29.8 Å². The Labute approximate surface area is 195 Å². The summed E-state index contributed by atoms with van der Waals surface area (Å²) in [5.74, 6) is 0.692. The number of nitrogens with zero attached hydrogens (tertiary/aromatic N) is 4. The highest BCUT2D eigenvalue weighted by molar-refractivity contribution is 5.95. The van der Waals surface area contributed by atoms with E-state index in [2.05, 4.69) is 76.0 Å². The molecular formula is C26H33N7. The number of H-pyrrole nitrogens is 1. The number of hydrogen-bond acceptors (Lipinski definition) is 5. The summed E-state index contributed by atoms with van der Waals surface area (Å²) in [7, 11) is 0. The van der Waals surface area contributed by atoms with Gasteiger partial charge in [0, 0.05) is 64.9 Å². The molecule has 0 saturated carbocycles. The average Bonchev–Trinajstić information content (AvgIpc) is 3.39. The molecule has 4 aromatic rings. The van der Waals surface area contributed by atoms with Crippen LogP contribution in [0.1, 0.15) is 46.1 Å². The summed E-state index contributed by atoms with van der Waals surface area (Å²) in [6.45, 7) is 9.96. The van der Waals surface area contributed by atoms with Crippen LogP contribution in [0.15, 0.2) is 55.4 Å². The van der Waals surface area contributed by atoms with Crippen molar-refractivity contribution in [2.75, 3.05) is 5.32 Å². The van der Waals surface area contributed by atoms with Crippen molar-refractivity contribution in [2.24, 2.45) is 0 Å². The number of rotatable bonds is 6. The van der Waals surface area contributed by atoms with Crippen LogP contribution >= 0.6 is 0 Å². The first-order chi connectivity index (χ1) is 15.8. The second kappa shape index (κ2) is 8.30. The average molecular weight is 444 g/mol. The fourth-order valence-corrected chi connectivity index (χ4v) is 5.40. The van der Waals surface area contributed by atoms with Crippen LogP contribution in [0.3, 0.4) is 0 Å². The maximum absolute atomic E-state index is 4.87. The molecule has 7 heteroatoms. The van der Waals surface area contributed by atoms with E-state index in [1.165, 1.54) is 10.9 Å². The van der Waals surface area contributed by atoms with Crippen LogP contribution in [-0.2, 0) is 13.0 Å². The Bertz CT molecular complexity index is 1220. The molecule has 1 aliphatic rings. The molecule has 1 saturated heterocycles. The Morgan fingerprint density at radius 2 is 1.91 bits per heavy atom. The van der Waals surface area contributed by atoms with Gasteiger partial charge < -0.3 is 20.2 Å². The van der Waals surface area contributed by atoms with Crippen molar-refractivity contribution >= 4 is 16.9 Å². The number of aryl methyl sites for hydroxylation is 2. The van der Waals surface area contributed by atoms with Crippen LogP contribution in [-0.4, -0.2) is 41.6 Å². The van der Waals surface area contributed by atoms with Crippen molar-refractivity contribution in [2.45, 2.75) is 70.6 Å². The predicted octanol–water partition coefficient (Wildman–Crippen LogP) is 4.79. The van der Waals surface area contributed by atoms with E-state index in [1.54, 1.807) is 0 Å². The van der Waals surface area contributed by atoms with Gasteiger partial charge in [-0.25, -0.2) is 15.0 Å². The van der Waals surface area contributed by atoms with Gasteiger partial charge in [0.05, 0.1) is 12.0 Å². The van der Waals surface area contributed by atoms with E-state index < -0.39 is 0 Å². The van der Waals surface area contributed by atoms with Crippen LogP contribution in [0.2, 0.25) is 0 Å². The zero-order valence-corrected chi connectivity index (χ0v) is 19.9. The van der Waals surface area contributed by atoms with Gasteiger partial charge in [-0.2, -0.15) is 0 Å². The molecule has 1 fully saturated rings. The van der Waals surface area contributed by atoms with Crippen molar-refractivity contribution in [3.05, 3.63) is 60.9 Å². The van der Waals surface area contributed by atoms with Gasteiger partial charge in [0.2, 0.25) is 5.95 Å². The molecule has 172 valence electrons. The van der Waals surface area contributed by atoms with Crippen LogP contribution in [0.4, 0.5) is 5.95 Å². The Hall–Kier alpha value is -3.19. The summed E-state index contributed by atoms with van der Waals surface area (Å²) in [5.41, 5.74) is 4.60. The highest BCUT2D eigenvalue weighted by Crippen LogP contribution is 2.31. The number of hydrogen-bond donors (Lipinski definition) is 3. The molecule has 0 unspecified atom stereocenters. The Kier molecular flexibility index (Phi) is 5.44. The van der Waals surface area contributed by atoms with E-state index in [-0.39, 0.29) is 11.1 Å². The van der Waals surface area contributed by atoms with Crippen molar-refractivity contribution in [3.63, 3.8) is 0 Å². The quantitative estimate of drug-likeness (QED) is 0.399. The molecule has 1 aliphatic heterocycles. The van der Waals surface area contributed by atoms with Crippen LogP contribution in [0, 0.1) is 0 Å². The molecule has 3 aromatic heterocycles. The normalized spacial score (nSPS) is 17.9. The number of imidazole rings is 1. The zero-order valence-electron chi connectivity index (χ0n) is 19.9. The molecule has 4 heterocycles. The van der Waals surface area contributed by atoms with Gasteiger partial charge in [0.1, 0.15) is 0 Å². The fraction of sp³-hybridized carbons (Fsp3) is 0.423. The number of benzene rings is 1. The highest BCUT2D eigenvalue weighted by atomic mass is 15.2. The largest absolute Gasteiger partial charge is 0.360 e. The van der Waals surface area contributed by atoms with Crippen molar-refractivity contribution in [1.29, 1.82) is 0 Å². The third-order valence-corrected chi connectivity index (χ3v) is 6.42. The first-order valence-electron chi connectivity index (χ1n) is 11.7. The maximum Gasteiger partial charge on any atom is 0.223 e. The standard InChI is InChI=1S/C26H33N7/c1-25(2)14-19(15-26(3,4)32-25)30-24-28-9-7-22(31-24)21-16-29-23-13-18(5-6-20(21)23)8-11-33-12-10-27-17-33/h5-7,9-10,12-13,16-17,19,29,32H,8,11,14-15H2,1-4H3,(H,28,30,31). The second-order valence-corrected chi connectivity index (χ2v) is 10.5. The monoisotopic (exact) mass is 443 g/mol. The van der Waals surface area contributed by atoms with E-state index in [4.69, 9.17) is 4.98 Å². The Morgan fingerprint density at radius 1 is 1.09 bits per heavy atom. The molecule has 0 amide bonds. The number of fused-ring (bicyclic) bond motifs is 1. The topological polar surface area (TPSA) is 83.5 Å². The fourth-order valence-electron chi connectivity index (χ4n) is 5.40. The van der Waals surface area contributed by atoms with E-state index >= 15 is 0 Å². The summed E-state index contributed by atoms with van der Waals surface area (Å²) in [6, 6.07) is 8.94. The van der Waals surface area contributed by atoms with Gasteiger partial charge in [-0.3, -0.25) is 0 Å². The van der Waals surface area contributed by atoms with E-state index in [0.717, 1.165) is 42.6 Å². The Balaban J connectivity index is 1.34. The van der Waals surface area contributed by atoms with Gasteiger partial charge in [0.25, 0.3) is 0 Å². The summed E-state index contributed by atoms with van der Waals surface area (Å²) in [4.78, 5) is 16.9. The zero-order chi connectivity index (χ0) is 23.1. The smallest absolute Gasteiger partial charge is 0.223 e. The minimum Gasteiger partial charge on any atom is -0.360 e. The lowest BCUT2D eigenvalue weighted by Gasteiger charge is -2.46. The molecule has 0 atom stereocenters. The second-order valence-electron chi connectivity index (χ2n) is 10.5. The molecule has 7 nitrogen and oxygen atoms in total. The number of piperidine rings is 1. The van der Waals surface area contributed by atoms with Gasteiger partial charge in [-0.1, -0.05) is 12.1 Å². The molecule has 0 bridgehead atoms. The molecule has 5 rings (SSSR count). The number of aromatic amines is 1. The van der Waals surface area contributed by atoms with E-state index in [0.29, 0.717) is 12.0 Å². The van der Waals surface area contributed by atoms with Crippen LogP contribution < -0.4 is 10.6 Å². The van der Waals surface area contributed by atoms with Crippen molar-refractivity contribution in [3.8, 4) is 11.3 Å². The minimum absolute atomic E-state index is 0.0729.